The maximum Gasteiger partial charge on any atom is 0.487 e. The minimum Gasteiger partial charge on any atom is -0.400 e. The van der Waals surface area contributed by atoms with Crippen LogP contribution in [0.25, 0.3) is 6.08 Å². The molecule has 0 aliphatic carbocycles. The van der Waals surface area contributed by atoms with E-state index in [1.54, 1.807) is 0 Å². The smallest absolute Gasteiger partial charge is 0.400 e. The summed E-state index contributed by atoms with van der Waals surface area (Å²) in [5, 5.41) is 3.41. The van der Waals surface area contributed by atoms with Crippen molar-refractivity contribution in [1.29, 1.82) is 0 Å². The molecule has 2 fully saturated rings. The molecule has 0 spiro atoms. The summed E-state index contributed by atoms with van der Waals surface area (Å²) in [6.45, 7) is 9.33. The highest BCUT2D eigenvalue weighted by molar-refractivity contribution is 6.52. The van der Waals surface area contributed by atoms with Crippen LogP contribution in [-0.2, 0) is 9.31 Å². The predicted octanol–water partition coefficient (Wildman–Crippen LogP) is 2.76. The minimum absolute atomic E-state index is 0.298. The average molecular weight is 286 g/mol. The van der Waals surface area contributed by atoms with Gasteiger partial charge in [-0.25, -0.2) is 0 Å². The van der Waals surface area contributed by atoms with Crippen molar-refractivity contribution >= 4 is 13.2 Å². The SMILES string of the molecule is CC1(C)OB(/C=C/c2cc([C@H]3CCN3)ccn2)OC1(C)C. The highest BCUT2D eigenvalue weighted by Gasteiger charge is 2.50. The van der Waals surface area contributed by atoms with Gasteiger partial charge in [0.1, 0.15) is 0 Å². The van der Waals surface area contributed by atoms with E-state index in [0.29, 0.717) is 6.04 Å². The molecule has 3 heterocycles. The molecule has 2 saturated heterocycles. The zero-order valence-electron chi connectivity index (χ0n) is 13.2. The van der Waals surface area contributed by atoms with E-state index in [1.165, 1.54) is 12.0 Å². The summed E-state index contributed by atoms with van der Waals surface area (Å²) in [6.07, 6.45) is 5.04. The van der Waals surface area contributed by atoms with Gasteiger partial charge >= 0.3 is 7.12 Å². The molecule has 21 heavy (non-hydrogen) atoms. The lowest BCUT2D eigenvalue weighted by atomic mass is 9.89. The van der Waals surface area contributed by atoms with Gasteiger partial charge in [0.25, 0.3) is 0 Å². The van der Waals surface area contributed by atoms with Crippen molar-refractivity contribution in [1.82, 2.24) is 10.3 Å². The molecule has 0 radical (unpaired) electrons. The van der Waals surface area contributed by atoms with Gasteiger partial charge in [0, 0.05) is 12.2 Å². The van der Waals surface area contributed by atoms with E-state index in [2.05, 4.69) is 50.1 Å². The Labute approximate surface area is 127 Å². The highest BCUT2D eigenvalue weighted by Crippen LogP contribution is 2.37. The fourth-order valence-electron chi connectivity index (χ4n) is 2.49. The second kappa shape index (κ2) is 5.23. The Morgan fingerprint density at radius 3 is 2.52 bits per heavy atom. The number of rotatable bonds is 3. The minimum atomic E-state index is -0.317. The van der Waals surface area contributed by atoms with Gasteiger partial charge in [-0.3, -0.25) is 4.98 Å². The van der Waals surface area contributed by atoms with Crippen LogP contribution in [0.3, 0.4) is 0 Å². The Morgan fingerprint density at radius 1 is 1.29 bits per heavy atom. The quantitative estimate of drug-likeness (QED) is 0.868. The highest BCUT2D eigenvalue weighted by atomic mass is 16.7. The Bertz CT molecular complexity index is 537. The Morgan fingerprint density at radius 2 is 1.95 bits per heavy atom. The Kier molecular flexibility index (Phi) is 3.68. The van der Waals surface area contributed by atoms with Crippen molar-refractivity contribution in [2.45, 2.75) is 51.4 Å². The van der Waals surface area contributed by atoms with E-state index in [0.717, 1.165) is 12.2 Å². The molecule has 0 saturated carbocycles. The Hall–Kier alpha value is -1.17. The Balaban J connectivity index is 1.69. The second-order valence-electron chi connectivity index (χ2n) is 6.79. The van der Waals surface area contributed by atoms with Crippen molar-refractivity contribution < 1.29 is 9.31 Å². The number of nitrogens with one attached hydrogen (secondary N) is 1. The van der Waals surface area contributed by atoms with Crippen LogP contribution in [0.15, 0.2) is 24.3 Å². The predicted molar refractivity (Wildman–Crippen MR) is 84.7 cm³/mol. The standard InChI is InChI=1S/C16H23BN2O2/c1-15(2)16(3,4)21-17(20-15)8-5-13-11-12(6-9-18-13)14-7-10-19-14/h5-6,8-9,11,14,19H,7,10H2,1-4H3/b8-5+/t14-/m1/s1. The molecule has 2 aliphatic heterocycles. The molecule has 4 nitrogen and oxygen atoms in total. The fourth-order valence-corrected chi connectivity index (χ4v) is 2.49. The van der Waals surface area contributed by atoms with Crippen molar-refractivity contribution in [2.24, 2.45) is 0 Å². The van der Waals surface area contributed by atoms with Crippen LogP contribution in [0.4, 0.5) is 0 Å². The van der Waals surface area contributed by atoms with E-state index in [4.69, 9.17) is 9.31 Å². The van der Waals surface area contributed by atoms with E-state index >= 15 is 0 Å². The van der Waals surface area contributed by atoms with Gasteiger partial charge in [0.05, 0.1) is 16.9 Å². The first-order valence-corrected chi connectivity index (χ1v) is 7.61. The molecule has 0 bridgehead atoms. The normalized spacial score (nSPS) is 27.0. The molecule has 3 rings (SSSR count). The van der Waals surface area contributed by atoms with Gasteiger partial charge in [0.15, 0.2) is 0 Å². The third kappa shape index (κ3) is 2.91. The molecule has 2 aliphatic rings. The number of nitrogens with zero attached hydrogens (tertiary/aromatic N) is 1. The molecule has 0 amide bonds. The lowest BCUT2D eigenvalue weighted by molar-refractivity contribution is 0.00578. The molecule has 1 aromatic rings. The van der Waals surface area contributed by atoms with Crippen molar-refractivity contribution in [3.63, 3.8) is 0 Å². The zero-order valence-corrected chi connectivity index (χ0v) is 13.2. The van der Waals surface area contributed by atoms with Crippen LogP contribution in [0, 0.1) is 0 Å². The first-order chi connectivity index (χ1) is 9.87. The summed E-state index contributed by atoms with van der Waals surface area (Å²) >= 11 is 0. The van der Waals surface area contributed by atoms with Crippen LogP contribution in [-0.4, -0.2) is 29.8 Å². The first kappa shape index (κ1) is 14.8. The lowest BCUT2D eigenvalue weighted by Gasteiger charge is -2.32. The molecule has 1 atom stereocenters. The number of pyridine rings is 1. The summed E-state index contributed by atoms with van der Waals surface area (Å²) < 4.78 is 11.9. The topological polar surface area (TPSA) is 43.4 Å². The van der Waals surface area contributed by atoms with Gasteiger partial charge in [-0.05, 0) is 64.4 Å². The number of aromatic nitrogens is 1. The van der Waals surface area contributed by atoms with Gasteiger partial charge in [0.2, 0.25) is 0 Å². The summed E-state index contributed by atoms with van der Waals surface area (Å²) in [5.41, 5.74) is 1.64. The number of hydrogen-bond acceptors (Lipinski definition) is 4. The molecule has 1 aromatic heterocycles. The van der Waals surface area contributed by atoms with Crippen molar-refractivity contribution in [2.75, 3.05) is 6.54 Å². The third-order valence-electron chi connectivity index (χ3n) is 4.73. The fraction of sp³-hybridized carbons (Fsp3) is 0.562. The number of hydrogen-bond donors (Lipinski definition) is 1. The molecular formula is C16H23BN2O2. The van der Waals surface area contributed by atoms with E-state index in [-0.39, 0.29) is 18.3 Å². The van der Waals surface area contributed by atoms with Crippen molar-refractivity contribution in [3.05, 3.63) is 35.6 Å². The summed E-state index contributed by atoms with van der Waals surface area (Å²) in [6, 6.07) is 4.68. The monoisotopic (exact) mass is 286 g/mol. The summed E-state index contributed by atoms with van der Waals surface area (Å²) in [7, 11) is -0.317. The maximum atomic E-state index is 5.95. The summed E-state index contributed by atoms with van der Waals surface area (Å²) in [4.78, 5) is 4.39. The maximum absolute atomic E-state index is 5.95. The van der Waals surface area contributed by atoms with Gasteiger partial charge in [-0.1, -0.05) is 5.98 Å². The largest absolute Gasteiger partial charge is 0.487 e. The zero-order chi connectivity index (χ0) is 15.1. The average Bonchev–Trinajstić information content (AvgIpc) is 2.54. The first-order valence-electron chi connectivity index (χ1n) is 7.61. The molecular weight excluding hydrogens is 263 g/mol. The van der Waals surface area contributed by atoms with Crippen LogP contribution in [0.1, 0.15) is 51.4 Å². The van der Waals surface area contributed by atoms with Gasteiger partial charge in [-0.2, -0.15) is 0 Å². The molecule has 0 unspecified atom stereocenters. The molecule has 112 valence electrons. The van der Waals surface area contributed by atoms with Crippen LogP contribution < -0.4 is 5.32 Å². The van der Waals surface area contributed by atoms with Gasteiger partial charge in [-0.15, -0.1) is 0 Å². The lowest BCUT2D eigenvalue weighted by Crippen LogP contribution is -2.41. The van der Waals surface area contributed by atoms with Crippen molar-refractivity contribution in [3.8, 4) is 0 Å². The van der Waals surface area contributed by atoms with Crippen LogP contribution in [0.2, 0.25) is 0 Å². The molecule has 5 heteroatoms. The van der Waals surface area contributed by atoms with E-state index < -0.39 is 0 Å². The van der Waals surface area contributed by atoms with E-state index in [9.17, 15) is 0 Å². The molecule has 0 aromatic carbocycles. The van der Waals surface area contributed by atoms with Crippen LogP contribution in [0.5, 0.6) is 0 Å². The third-order valence-corrected chi connectivity index (χ3v) is 4.73. The van der Waals surface area contributed by atoms with E-state index in [1.807, 2.05) is 18.2 Å². The summed E-state index contributed by atoms with van der Waals surface area (Å²) in [5.74, 6) is 1.94. The van der Waals surface area contributed by atoms with Gasteiger partial charge < -0.3 is 14.6 Å². The van der Waals surface area contributed by atoms with Crippen LogP contribution >= 0.6 is 0 Å². The molecule has 1 N–H and O–H groups in total. The second-order valence-corrected chi connectivity index (χ2v) is 6.79.